The maximum absolute atomic E-state index is 12.4. The maximum Gasteiger partial charge on any atom is 0.257 e. The topological polar surface area (TPSA) is 75.3 Å². The lowest BCUT2D eigenvalue weighted by Crippen LogP contribution is -2.29. The third-order valence-corrected chi connectivity index (χ3v) is 6.50. The van der Waals surface area contributed by atoms with Crippen molar-refractivity contribution in [3.8, 4) is 0 Å². The minimum atomic E-state index is -2.90. The van der Waals surface area contributed by atoms with E-state index in [1.54, 1.807) is 18.2 Å². The molecule has 0 saturated carbocycles. The van der Waals surface area contributed by atoms with Gasteiger partial charge in [-0.05, 0) is 42.3 Å². The van der Waals surface area contributed by atoms with Gasteiger partial charge < -0.3 is 10.6 Å². The molecule has 0 spiro atoms. The Morgan fingerprint density at radius 3 is 2.65 bits per heavy atom. The summed E-state index contributed by atoms with van der Waals surface area (Å²) in [6, 6.07) is 12.1. The highest BCUT2D eigenvalue weighted by Gasteiger charge is 2.27. The van der Waals surface area contributed by atoms with Crippen LogP contribution in [0, 0.1) is 0 Å². The Morgan fingerprint density at radius 2 is 1.96 bits per heavy atom. The Kier molecular flexibility index (Phi) is 5.87. The molecular formula is C18H18Cl2N2O3S. The molecular weight excluding hydrogens is 395 g/mol. The van der Waals surface area contributed by atoms with E-state index >= 15 is 0 Å². The van der Waals surface area contributed by atoms with Gasteiger partial charge in [-0.25, -0.2) is 8.42 Å². The van der Waals surface area contributed by atoms with Crippen LogP contribution < -0.4 is 10.6 Å². The molecule has 1 aliphatic rings. The lowest BCUT2D eigenvalue weighted by Gasteiger charge is -2.12. The molecule has 2 N–H and O–H groups in total. The molecule has 0 unspecified atom stereocenters. The van der Waals surface area contributed by atoms with E-state index in [2.05, 4.69) is 10.6 Å². The summed E-state index contributed by atoms with van der Waals surface area (Å²) in [6.07, 6.45) is 0.633. The molecule has 1 amide bonds. The molecule has 3 rings (SSSR count). The number of amides is 1. The molecule has 0 bridgehead atoms. The summed E-state index contributed by atoms with van der Waals surface area (Å²) in [5.74, 6) is 0.0971. The first-order valence-electron chi connectivity index (χ1n) is 8.11. The fraction of sp³-hybridized carbons (Fsp3) is 0.278. The first kappa shape index (κ1) is 19.2. The summed E-state index contributed by atoms with van der Waals surface area (Å²) in [5.41, 5.74) is 1.93. The van der Waals surface area contributed by atoms with Gasteiger partial charge in [0.05, 0.1) is 22.1 Å². The van der Waals surface area contributed by atoms with Gasteiger partial charge in [-0.15, -0.1) is 0 Å². The van der Waals surface area contributed by atoms with E-state index in [1.807, 2.05) is 18.2 Å². The number of nitrogens with one attached hydrogen (secondary N) is 2. The number of rotatable bonds is 5. The zero-order chi connectivity index (χ0) is 18.7. The fourth-order valence-electron chi connectivity index (χ4n) is 2.85. The Labute approximate surface area is 162 Å². The lowest BCUT2D eigenvalue weighted by atomic mass is 10.1. The third kappa shape index (κ3) is 4.98. The number of carbonyl (C=O) groups is 1. The normalized spacial score (nSPS) is 18.6. The van der Waals surface area contributed by atoms with Crippen LogP contribution in [0.4, 0.5) is 5.69 Å². The minimum Gasteiger partial charge on any atom is -0.322 e. The minimum absolute atomic E-state index is 0.0221. The van der Waals surface area contributed by atoms with Crippen molar-refractivity contribution in [2.45, 2.75) is 19.0 Å². The van der Waals surface area contributed by atoms with E-state index < -0.39 is 9.84 Å². The molecule has 1 atom stereocenters. The van der Waals surface area contributed by atoms with Crippen LogP contribution in [-0.2, 0) is 16.4 Å². The second-order valence-electron chi connectivity index (χ2n) is 6.26. The largest absolute Gasteiger partial charge is 0.322 e. The highest BCUT2D eigenvalue weighted by molar-refractivity contribution is 7.91. The van der Waals surface area contributed by atoms with Gasteiger partial charge in [0.25, 0.3) is 5.91 Å². The molecule has 5 nitrogen and oxygen atoms in total. The average molecular weight is 413 g/mol. The summed E-state index contributed by atoms with van der Waals surface area (Å²) >= 11 is 11.9. The average Bonchev–Trinajstić information content (AvgIpc) is 2.92. The molecule has 138 valence electrons. The van der Waals surface area contributed by atoms with E-state index in [0.29, 0.717) is 29.2 Å². The Bertz CT molecular complexity index is 932. The Balaban J connectivity index is 1.63. The summed E-state index contributed by atoms with van der Waals surface area (Å²) < 4.78 is 23.0. The smallest absolute Gasteiger partial charge is 0.257 e. The standard InChI is InChI=1S/C18H18Cl2N2O3S/c19-13-4-5-16(17(20)9-13)18(23)22-14-3-1-2-12(8-14)10-21-15-6-7-26(24,25)11-15/h1-5,8-9,15,21H,6-7,10-11H2,(H,22,23)/t15-/m1/s1. The van der Waals surface area contributed by atoms with Crippen molar-refractivity contribution in [3.63, 3.8) is 0 Å². The van der Waals surface area contributed by atoms with E-state index in [-0.39, 0.29) is 28.5 Å². The van der Waals surface area contributed by atoms with Gasteiger partial charge in [-0.2, -0.15) is 0 Å². The number of sulfone groups is 1. The van der Waals surface area contributed by atoms with E-state index in [9.17, 15) is 13.2 Å². The molecule has 1 heterocycles. The first-order valence-corrected chi connectivity index (χ1v) is 10.7. The van der Waals surface area contributed by atoms with Gasteiger partial charge in [-0.1, -0.05) is 35.3 Å². The fourth-order valence-corrected chi connectivity index (χ4v) is 5.05. The third-order valence-electron chi connectivity index (χ3n) is 4.19. The van der Waals surface area contributed by atoms with Gasteiger partial charge in [-0.3, -0.25) is 4.79 Å². The molecule has 0 aromatic heterocycles. The second kappa shape index (κ2) is 7.96. The number of benzene rings is 2. The van der Waals surface area contributed by atoms with Crippen LogP contribution in [0.1, 0.15) is 22.3 Å². The van der Waals surface area contributed by atoms with Crippen LogP contribution in [0.25, 0.3) is 0 Å². The molecule has 0 radical (unpaired) electrons. The SMILES string of the molecule is O=C(Nc1cccc(CN[C@@H]2CCS(=O)(=O)C2)c1)c1ccc(Cl)cc1Cl. The van der Waals surface area contributed by atoms with E-state index in [4.69, 9.17) is 23.2 Å². The van der Waals surface area contributed by atoms with E-state index in [0.717, 1.165) is 5.56 Å². The van der Waals surface area contributed by atoms with Gasteiger partial charge in [0.15, 0.2) is 9.84 Å². The maximum atomic E-state index is 12.4. The second-order valence-corrected chi connectivity index (χ2v) is 9.33. The van der Waals surface area contributed by atoms with E-state index in [1.165, 1.54) is 6.07 Å². The number of halogens is 2. The Morgan fingerprint density at radius 1 is 1.15 bits per heavy atom. The van der Waals surface area contributed by atoms with Crippen molar-refractivity contribution < 1.29 is 13.2 Å². The molecule has 0 aliphatic carbocycles. The highest BCUT2D eigenvalue weighted by atomic mass is 35.5. The number of hydrogen-bond donors (Lipinski definition) is 2. The van der Waals surface area contributed by atoms with Crippen molar-refractivity contribution in [3.05, 3.63) is 63.6 Å². The molecule has 2 aromatic carbocycles. The van der Waals surface area contributed by atoms with Crippen LogP contribution in [0.2, 0.25) is 10.0 Å². The van der Waals surface area contributed by atoms with Gasteiger partial charge in [0, 0.05) is 23.3 Å². The van der Waals surface area contributed by atoms with Crippen LogP contribution in [0.3, 0.4) is 0 Å². The van der Waals surface area contributed by atoms with Crippen LogP contribution in [0.15, 0.2) is 42.5 Å². The van der Waals surface area contributed by atoms with Gasteiger partial charge in [0.1, 0.15) is 0 Å². The van der Waals surface area contributed by atoms with Crippen molar-refractivity contribution in [2.75, 3.05) is 16.8 Å². The molecule has 8 heteroatoms. The summed E-state index contributed by atoms with van der Waals surface area (Å²) in [7, 11) is -2.90. The Hall–Kier alpha value is -1.60. The quantitative estimate of drug-likeness (QED) is 0.787. The summed E-state index contributed by atoms with van der Waals surface area (Å²) in [6.45, 7) is 0.533. The summed E-state index contributed by atoms with van der Waals surface area (Å²) in [5, 5.41) is 6.82. The monoisotopic (exact) mass is 412 g/mol. The molecule has 26 heavy (non-hydrogen) atoms. The highest BCUT2D eigenvalue weighted by Crippen LogP contribution is 2.22. The van der Waals surface area contributed by atoms with Gasteiger partial charge in [0.2, 0.25) is 0 Å². The van der Waals surface area contributed by atoms with Crippen LogP contribution in [-0.4, -0.2) is 31.9 Å². The number of anilines is 1. The van der Waals surface area contributed by atoms with Crippen molar-refractivity contribution in [1.29, 1.82) is 0 Å². The predicted molar refractivity (Wildman–Crippen MR) is 105 cm³/mol. The molecule has 2 aromatic rings. The van der Waals surface area contributed by atoms with Crippen molar-refractivity contribution >= 4 is 44.6 Å². The number of carbonyl (C=O) groups excluding carboxylic acids is 1. The summed E-state index contributed by atoms with van der Waals surface area (Å²) in [4.78, 5) is 12.4. The van der Waals surface area contributed by atoms with Crippen LogP contribution in [0.5, 0.6) is 0 Å². The molecule has 1 aliphatic heterocycles. The predicted octanol–water partition coefficient (Wildman–Crippen LogP) is 3.52. The first-order chi connectivity index (χ1) is 12.3. The lowest BCUT2D eigenvalue weighted by molar-refractivity contribution is 0.102. The van der Waals surface area contributed by atoms with Crippen molar-refractivity contribution in [2.24, 2.45) is 0 Å². The van der Waals surface area contributed by atoms with Gasteiger partial charge >= 0.3 is 0 Å². The zero-order valence-electron chi connectivity index (χ0n) is 13.8. The van der Waals surface area contributed by atoms with Crippen molar-refractivity contribution in [1.82, 2.24) is 5.32 Å². The number of hydrogen-bond acceptors (Lipinski definition) is 4. The van der Waals surface area contributed by atoms with Crippen LogP contribution >= 0.6 is 23.2 Å². The molecule has 1 fully saturated rings. The zero-order valence-corrected chi connectivity index (χ0v) is 16.2. The molecule has 1 saturated heterocycles.